The van der Waals surface area contributed by atoms with E-state index >= 15 is 0 Å². The highest BCUT2D eigenvalue weighted by Gasteiger charge is 2.43. The first-order chi connectivity index (χ1) is 16.0. The van der Waals surface area contributed by atoms with Gasteiger partial charge in [-0.2, -0.15) is 13.2 Å². The summed E-state index contributed by atoms with van der Waals surface area (Å²) in [6.45, 7) is 7.29. The van der Waals surface area contributed by atoms with Crippen LogP contribution in [0.3, 0.4) is 0 Å². The SMILES string of the molecule is CC(C)C[C@H](NC(c1ccc2c(c1)oc1ccc(N3CCN(C)CC3)cc12)C(F)(F)F)C(=O)O. The zero-order valence-corrected chi connectivity index (χ0v) is 19.5. The second-order valence-corrected chi connectivity index (χ2v) is 9.49. The van der Waals surface area contributed by atoms with E-state index < -0.39 is 24.2 Å². The minimum Gasteiger partial charge on any atom is -0.480 e. The molecule has 2 N–H and O–H groups in total. The smallest absolute Gasteiger partial charge is 0.407 e. The Bertz CT molecular complexity index is 1170. The molecule has 1 fully saturated rings. The van der Waals surface area contributed by atoms with Crippen LogP contribution in [0.4, 0.5) is 18.9 Å². The maximum Gasteiger partial charge on any atom is 0.407 e. The van der Waals surface area contributed by atoms with Gasteiger partial charge in [-0.1, -0.05) is 26.0 Å². The summed E-state index contributed by atoms with van der Waals surface area (Å²) < 4.78 is 47.8. The first kappa shape index (κ1) is 24.3. The van der Waals surface area contributed by atoms with Crippen LogP contribution in [0, 0.1) is 5.92 Å². The van der Waals surface area contributed by atoms with E-state index in [1.54, 1.807) is 19.9 Å². The zero-order valence-electron chi connectivity index (χ0n) is 19.5. The Morgan fingerprint density at radius 1 is 1.06 bits per heavy atom. The quantitative estimate of drug-likeness (QED) is 0.498. The number of hydrogen-bond donors (Lipinski definition) is 2. The molecule has 184 valence electrons. The lowest BCUT2D eigenvalue weighted by Crippen LogP contribution is -2.45. The number of fused-ring (bicyclic) bond motifs is 3. The number of benzene rings is 2. The number of carbonyl (C=O) groups is 1. The lowest BCUT2D eigenvalue weighted by atomic mass is 9.99. The van der Waals surface area contributed by atoms with Crippen LogP contribution >= 0.6 is 0 Å². The Hall–Kier alpha value is -2.78. The first-order valence-electron chi connectivity index (χ1n) is 11.5. The molecular formula is C25H30F3N3O3. The number of nitrogens with one attached hydrogen (secondary N) is 1. The van der Waals surface area contributed by atoms with Crippen molar-refractivity contribution in [2.45, 2.75) is 38.5 Å². The summed E-state index contributed by atoms with van der Waals surface area (Å²) in [6.07, 6.45) is -4.58. The van der Waals surface area contributed by atoms with Crippen molar-refractivity contribution < 1.29 is 27.5 Å². The molecule has 0 radical (unpaired) electrons. The van der Waals surface area contributed by atoms with E-state index in [1.807, 2.05) is 18.2 Å². The lowest BCUT2D eigenvalue weighted by Gasteiger charge is -2.34. The summed E-state index contributed by atoms with van der Waals surface area (Å²) in [4.78, 5) is 16.1. The first-order valence-corrected chi connectivity index (χ1v) is 11.5. The third-order valence-corrected chi connectivity index (χ3v) is 6.38. The highest BCUT2D eigenvalue weighted by molar-refractivity contribution is 6.06. The van der Waals surface area contributed by atoms with E-state index in [1.165, 1.54) is 12.1 Å². The van der Waals surface area contributed by atoms with Gasteiger partial charge in [0, 0.05) is 42.6 Å². The molecule has 9 heteroatoms. The molecule has 1 aliphatic heterocycles. The second kappa shape index (κ2) is 9.46. The highest BCUT2D eigenvalue weighted by atomic mass is 19.4. The Morgan fingerprint density at radius 3 is 2.38 bits per heavy atom. The normalized spacial score (nSPS) is 17.6. The van der Waals surface area contributed by atoms with Gasteiger partial charge in [-0.25, -0.2) is 0 Å². The molecule has 1 saturated heterocycles. The fourth-order valence-corrected chi connectivity index (χ4v) is 4.52. The fraction of sp³-hybridized carbons (Fsp3) is 0.480. The molecule has 2 heterocycles. The van der Waals surface area contributed by atoms with Crippen LogP contribution < -0.4 is 10.2 Å². The molecule has 0 spiro atoms. The minimum atomic E-state index is -4.67. The molecule has 1 aromatic heterocycles. The average molecular weight is 478 g/mol. The molecule has 0 saturated carbocycles. The summed E-state index contributed by atoms with van der Waals surface area (Å²) >= 11 is 0. The van der Waals surface area contributed by atoms with Crippen LogP contribution in [0.2, 0.25) is 0 Å². The third kappa shape index (κ3) is 5.15. The van der Waals surface area contributed by atoms with Gasteiger partial charge in [-0.15, -0.1) is 0 Å². The van der Waals surface area contributed by atoms with Crippen LogP contribution in [-0.4, -0.2) is 61.4 Å². The van der Waals surface area contributed by atoms with Crippen LogP contribution in [0.5, 0.6) is 0 Å². The Labute approximate surface area is 196 Å². The number of carboxylic acid groups (broad SMARTS) is 1. The molecule has 2 atom stereocenters. The summed E-state index contributed by atoms with van der Waals surface area (Å²) in [5.41, 5.74) is 1.92. The number of halogens is 3. The molecule has 1 aliphatic rings. The summed E-state index contributed by atoms with van der Waals surface area (Å²) in [5, 5.41) is 13.3. The van der Waals surface area contributed by atoms with Crippen molar-refractivity contribution in [1.82, 2.24) is 10.2 Å². The van der Waals surface area contributed by atoms with E-state index in [2.05, 4.69) is 22.2 Å². The average Bonchev–Trinajstić information content (AvgIpc) is 3.12. The van der Waals surface area contributed by atoms with Gasteiger partial charge in [0.1, 0.15) is 23.2 Å². The Kier molecular flexibility index (Phi) is 6.78. The van der Waals surface area contributed by atoms with Crippen LogP contribution in [0.15, 0.2) is 40.8 Å². The molecule has 6 nitrogen and oxygen atoms in total. The van der Waals surface area contributed by atoms with Gasteiger partial charge in [0.15, 0.2) is 0 Å². The fourth-order valence-electron chi connectivity index (χ4n) is 4.52. The molecule has 34 heavy (non-hydrogen) atoms. The van der Waals surface area contributed by atoms with Crippen LogP contribution in [0.1, 0.15) is 31.9 Å². The van der Waals surface area contributed by atoms with E-state index in [4.69, 9.17) is 4.42 Å². The maximum atomic E-state index is 14.0. The monoisotopic (exact) mass is 477 g/mol. The number of hydrogen-bond acceptors (Lipinski definition) is 5. The molecule has 4 rings (SSSR count). The number of furan rings is 1. The van der Waals surface area contributed by atoms with Crippen molar-refractivity contribution in [1.29, 1.82) is 0 Å². The Morgan fingerprint density at radius 2 is 1.76 bits per heavy atom. The summed E-state index contributed by atoms with van der Waals surface area (Å²) in [7, 11) is 2.09. The number of piperazine rings is 1. The second-order valence-electron chi connectivity index (χ2n) is 9.49. The number of alkyl halides is 3. The number of anilines is 1. The van der Waals surface area contributed by atoms with Crippen molar-refractivity contribution >= 4 is 33.6 Å². The van der Waals surface area contributed by atoms with Gasteiger partial charge >= 0.3 is 12.1 Å². The summed E-state index contributed by atoms with van der Waals surface area (Å²) in [6, 6.07) is 6.81. The van der Waals surface area contributed by atoms with Crippen molar-refractivity contribution in [3.8, 4) is 0 Å². The Balaban J connectivity index is 1.68. The largest absolute Gasteiger partial charge is 0.480 e. The van der Waals surface area contributed by atoms with Gasteiger partial charge in [0.2, 0.25) is 0 Å². The zero-order chi connectivity index (χ0) is 24.6. The number of aliphatic carboxylic acids is 1. The predicted octanol–water partition coefficient (Wildman–Crippen LogP) is 5.03. The standard InChI is InChI=1S/C25H30F3N3O3/c1-15(2)12-20(24(32)33)29-23(25(26,27)28)16-4-6-18-19-14-17(31-10-8-30(3)9-11-31)5-7-21(19)34-22(18)13-16/h4-7,13-15,20,23,29H,8-12H2,1-3H3,(H,32,33)/t20-,23?/m0/s1. The van der Waals surface area contributed by atoms with E-state index in [0.29, 0.717) is 11.2 Å². The van der Waals surface area contributed by atoms with Gasteiger partial charge in [0.05, 0.1) is 0 Å². The van der Waals surface area contributed by atoms with Gasteiger partial charge in [0.25, 0.3) is 0 Å². The maximum absolute atomic E-state index is 14.0. The van der Waals surface area contributed by atoms with E-state index in [-0.39, 0.29) is 17.9 Å². The molecule has 2 aromatic carbocycles. The molecule has 1 unspecified atom stereocenters. The number of carboxylic acids is 1. The molecule has 0 amide bonds. The molecular weight excluding hydrogens is 447 g/mol. The topological polar surface area (TPSA) is 69.0 Å². The highest BCUT2D eigenvalue weighted by Crippen LogP contribution is 2.38. The molecule has 0 aliphatic carbocycles. The van der Waals surface area contributed by atoms with E-state index in [9.17, 15) is 23.1 Å². The van der Waals surface area contributed by atoms with Crippen LogP contribution in [-0.2, 0) is 4.79 Å². The minimum absolute atomic E-state index is 0.0742. The number of rotatable bonds is 7. The molecule has 0 bridgehead atoms. The van der Waals surface area contributed by atoms with E-state index in [0.717, 1.165) is 42.6 Å². The predicted molar refractivity (Wildman–Crippen MR) is 126 cm³/mol. The van der Waals surface area contributed by atoms with Gasteiger partial charge < -0.3 is 19.3 Å². The van der Waals surface area contributed by atoms with Crippen molar-refractivity contribution in [2.75, 3.05) is 38.1 Å². The summed E-state index contributed by atoms with van der Waals surface area (Å²) in [5.74, 6) is -1.38. The number of nitrogens with zero attached hydrogens (tertiary/aromatic N) is 2. The lowest BCUT2D eigenvalue weighted by molar-refractivity contribution is -0.163. The van der Waals surface area contributed by atoms with Crippen LogP contribution in [0.25, 0.3) is 21.9 Å². The van der Waals surface area contributed by atoms with Gasteiger partial charge in [-0.05, 0) is 49.2 Å². The van der Waals surface area contributed by atoms with Crippen molar-refractivity contribution in [3.05, 3.63) is 42.0 Å². The molecule has 3 aromatic rings. The third-order valence-electron chi connectivity index (χ3n) is 6.38. The van der Waals surface area contributed by atoms with Crippen molar-refractivity contribution in [3.63, 3.8) is 0 Å². The number of likely N-dealkylation sites (N-methyl/N-ethyl adjacent to an activating group) is 1. The van der Waals surface area contributed by atoms with Crippen molar-refractivity contribution in [2.24, 2.45) is 5.92 Å². The van der Waals surface area contributed by atoms with Gasteiger partial charge in [-0.3, -0.25) is 10.1 Å².